The van der Waals surface area contributed by atoms with Crippen LogP contribution in [0.4, 0.5) is 0 Å². The van der Waals surface area contributed by atoms with Crippen LogP contribution < -0.4 is 0 Å². The molecule has 0 saturated carbocycles. The zero-order valence-corrected chi connectivity index (χ0v) is 15.8. The number of hydrogen-bond donors (Lipinski definition) is 0. The van der Waals surface area contributed by atoms with E-state index in [4.69, 9.17) is 0 Å². The number of rotatable bonds is 8. The van der Waals surface area contributed by atoms with Gasteiger partial charge in [0.05, 0.1) is 0 Å². The number of aldehydes is 2. The normalized spacial score (nSPS) is 10.5. The molecule has 0 aromatic carbocycles. The summed E-state index contributed by atoms with van der Waals surface area (Å²) in [5.41, 5.74) is 4.97. The van der Waals surface area contributed by atoms with E-state index in [0.29, 0.717) is 0 Å². The van der Waals surface area contributed by atoms with E-state index in [2.05, 4.69) is 39.8 Å². The van der Waals surface area contributed by atoms with Gasteiger partial charge in [-0.1, -0.05) is 34.4 Å². The summed E-state index contributed by atoms with van der Waals surface area (Å²) in [5.74, 6) is 0. The number of allylic oxidation sites excluding steroid dienone is 8. The largest absolute Gasteiger partial charge is 0.299 e. The molecular formula is C20H32BeO2. The van der Waals surface area contributed by atoms with Gasteiger partial charge in [0.2, 0.25) is 0 Å². The Labute approximate surface area is 146 Å². The minimum Gasteiger partial charge on any atom is -0.299 e. The maximum Gasteiger partial charge on any atom is 0.142 e. The van der Waals surface area contributed by atoms with Gasteiger partial charge in [0.25, 0.3) is 0 Å². The Morgan fingerprint density at radius 3 is 1.17 bits per heavy atom. The Balaban J connectivity index is -0.000000333. The zero-order valence-electron chi connectivity index (χ0n) is 15.8. The third-order valence-corrected chi connectivity index (χ3v) is 2.89. The molecule has 0 heterocycles. The monoisotopic (exact) mass is 313 g/mol. The van der Waals surface area contributed by atoms with Gasteiger partial charge in [-0.05, 0) is 79.4 Å². The smallest absolute Gasteiger partial charge is 0.142 e. The fourth-order valence-electron chi connectivity index (χ4n) is 1.58. The Morgan fingerprint density at radius 2 is 0.957 bits per heavy atom. The second kappa shape index (κ2) is 18.5. The molecule has 2 radical (unpaired) electrons. The number of carbonyl (C=O) groups excluding carboxylic acids is 2. The number of hydrogen-bond acceptors (Lipinski definition) is 2. The molecule has 3 heteroatoms. The predicted octanol–water partition coefficient (Wildman–Crippen LogP) is 5.38. The summed E-state index contributed by atoms with van der Waals surface area (Å²) in [6.45, 7) is 12.3. The van der Waals surface area contributed by atoms with Crippen LogP contribution >= 0.6 is 0 Å². The molecule has 0 atom stereocenters. The van der Waals surface area contributed by atoms with Gasteiger partial charge in [-0.3, -0.25) is 9.59 Å². The average molecular weight is 313 g/mol. The van der Waals surface area contributed by atoms with Crippen molar-refractivity contribution in [3.8, 4) is 0 Å². The van der Waals surface area contributed by atoms with Crippen molar-refractivity contribution in [1.29, 1.82) is 0 Å². The SMILES string of the molecule is CC(C)=CCC/C(C)=C\C=O.CC(C)=CCC/C(C)=C\C=O.[Be]. The van der Waals surface area contributed by atoms with Crippen LogP contribution in [0.15, 0.2) is 46.6 Å². The molecular weight excluding hydrogens is 281 g/mol. The summed E-state index contributed by atoms with van der Waals surface area (Å²) in [6, 6.07) is 0. The maximum absolute atomic E-state index is 10.0. The van der Waals surface area contributed by atoms with Gasteiger partial charge in [-0.2, -0.15) is 0 Å². The van der Waals surface area contributed by atoms with E-state index >= 15 is 0 Å². The van der Waals surface area contributed by atoms with Crippen molar-refractivity contribution in [2.75, 3.05) is 0 Å². The second-order valence-corrected chi connectivity index (χ2v) is 5.94. The fourth-order valence-corrected chi connectivity index (χ4v) is 1.58. The van der Waals surface area contributed by atoms with Gasteiger partial charge in [0, 0.05) is 10.1 Å². The van der Waals surface area contributed by atoms with E-state index < -0.39 is 0 Å². The van der Waals surface area contributed by atoms with Gasteiger partial charge in [-0.25, -0.2) is 0 Å². The van der Waals surface area contributed by atoms with E-state index in [1.54, 1.807) is 12.2 Å². The third kappa shape index (κ3) is 25.7. The van der Waals surface area contributed by atoms with E-state index in [0.717, 1.165) is 49.4 Å². The van der Waals surface area contributed by atoms with Crippen LogP contribution in [-0.4, -0.2) is 22.7 Å². The Morgan fingerprint density at radius 1 is 0.652 bits per heavy atom. The summed E-state index contributed by atoms with van der Waals surface area (Å²) in [5, 5.41) is 0. The minimum absolute atomic E-state index is 0. The second-order valence-electron chi connectivity index (χ2n) is 5.94. The summed E-state index contributed by atoms with van der Waals surface area (Å²) in [4.78, 5) is 20.0. The Kier molecular flexibility index (Phi) is 21.2. The molecule has 0 N–H and O–H groups in total. The first-order chi connectivity index (χ1) is 10.3. The van der Waals surface area contributed by atoms with Crippen molar-refractivity contribution >= 4 is 22.7 Å². The van der Waals surface area contributed by atoms with E-state index in [1.807, 2.05) is 13.8 Å². The first kappa shape index (κ1) is 26.4. The van der Waals surface area contributed by atoms with E-state index in [1.165, 1.54) is 11.1 Å². The molecule has 0 aliphatic carbocycles. The average Bonchev–Trinajstić information content (AvgIpc) is 2.39. The summed E-state index contributed by atoms with van der Waals surface area (Å²) in [6.07, 6.45) is 13.4. The van der Waals surface area contributed by atoms with Crippen LogP contribution in [0.2, 0.25) is 0 Å². The third-order valence-electron chi connectivity index (χ3n) is 2.89. The molecule has 23 heavy (non-hydrogen) atoms. The molecule has 0 rings (SSSR count). The molecule has 2 nitrogen and oxygen atoms in total. The summed E-state index contributed by atoms with van der Waals surface area (Å²) >= 11 is 0. The van der Waals surface area contributed by atoms with Crippen LogP contribution in [0.1, 0.15) is 67.2 Å². The molecule has 0 unspecified atom stereocenters. The van der Waals surface area contributed by atoms with Crippen molar-refractivity contribution in [2.24, 2.45) is 0 Å². The van der Waals surface area contributed by atoms with Gasteiger partial charge in [-0.15, -0.1) is 0 Å². The van der Waals surface area contributed by atoms with Crippen LogP contribution in [0.3, 0.4) is 0 Å². The van der Waals surface area contributed by atoms with Crippen molar-refractivity contribution in [3.63, 3.8) is 0 Å². The maximum atomic E-state index is 10.0. The van der Waals surface area contributed by atoms with Gasteiger partial charge in [0.1, 0.15) is 12.6 Å². The number of carbonyl (C=O) groups is 2. The Hall–Kier alpha value is -1.53. The first-order valence-electron chi connectivity index (χ1n) is 7.82. The van der Waals surface area contributed by atoms with Crippen LogP contribution in [0.5, 0.6) is 0 Å². The molecule has 0 aliphatic heterocycles. The molecule has 0 aromatic rings. The zero-order chi connectivity index (χ0) is 17.4. The molecule has 0 saturated heterocycles. The van der Waals surface area contributed by atoms with Gasteiger partial charge >= 0.3 is 0 Å². The van der Waals surface area contributed by atoms with E-state index in [-0.39, 0.29) is 10.1 Å². The molecule has 0 amide bonds. The topological polar surface area (TPSA) is 34.1 Å². The molecule has 0 aromatic heterocycles. The first-order valence-corrected chi connectivity index (χ1v) is 7.82. The van der Waals surface area contributed by atoms with Crippen LogP contribution in [-0.2, 0) is 9.59 Å². The molecule has 0 bridgehead atoms. The van der Waals surface area contributed by atoms with Gasteiger partial charge in [0.15, 0.2) is 0 Å². The van der Waals surface area contributed by atoms with Crippen molar-refractivity contribution in [3.05, 3.63) is 46.6 Å². The quantitative estimate of drug-likeness (QED) is 0.261. The summed E-state index contributed by atoms with van der Waals surface area (Å²) in [7, 11) is 0. The van der Waals surface area contributed by atoms with Crippen molar-refractivity contribution < 1.29 is 9.59 Å². The van der Waals surface area contributed by atoms with E-state index in [9.17, 15) is 9.59 Å². The molecule has 126 valence electrons. The van der Waals surface area contributed by atoms with Crippen LogP contribution in [0, 0.1) is 0 Å². The molecule has 0 fully saturated rings. The van der Waals surface area contributed by atoms with Crippen LogP contribution in [0.25, 0.3) is 0 Å². The molecule has 0 aliphatic rings. The van der Waals surface area contributed by atoms with Crippen molar-refractivity contribution in [1.82, 2.24) is 0 Å². The van der Waals surface area contributed by atoms with Gasteiger partial charge < -0.3 is 0 Å². The summed E-state index contributed by atoms with van der Waals surface area (Å²) < 4.78 is 0. The molecule has 0 spiro atoms. The standard InChI is InChI=1S/2C10H16O.Be/c2*1-9(2)5-4-6-10(3)7-8-11;/h2*5,7-8H,4,6H2,1-3H3;/b2*10-7-;. The minimum atomic E-state index is 0. The van der Waals surface area contributed by atoms with Crippen molar-refractivity contribution in [2.45, 2.75) is 67.2 Å². The Bertz CT molecular complexity index is 391. The fraction of sp³-hybridized carbons (Fsp3) is 0.500. The predicted molar refractivity (Wildman–Crippen MR) is 103 cm³/mol.